The van der Waals surface area contributed by atoms with Gasteiger partial charge in [0.25, 0.3) is 0 Å². The van der Waals surface area contributed by atoms with Crippen LogP contribution in [-0.4, -0.2) is 30.1 Å². The fraction of sp³-hybridized carbons (Fsp3) is 0.250. The minimum atomic E-state index is -3.71. The largest absolute Gasteiger partial charge is 0.478 e. The predicted octanol–water partition coefficient (Wildman–Crippen LogP) is 4.11. The molecule has 0 aliphatic carbocycles. The molecule has 0 unspecified atom stereocenters. The Balaban J connectivity index is 2.19. The maximum absolute atomic E-state index is 12.7. The van der Waals surface area contributed by atoms with Gasteiger partial charge in [0, 0.05) is 5.02 Å². The molecule has 2 aromatic rings. The molecule has 0 spiro atoms. The van der Waals surface area contributed by atoms with Crippen molar-refractivity contribution in [2.24, 2.45) is 0 Å². The second kappa shape index (κ2) is 7.46. The number of hydrogen-bond acceptors (Lipinski definition) is 3. The molecular weight excluding hydrogens is 386 g/mol. The highest BCUT2D eigenvalue weighted by Gasteiger charge is 2.42. The van der Waals surface area contributed by atoms with E-state index >= 15 is 0 Å². The lowest BCUT2D eigenvalue weighted by Crippen LogP contribution is -2.41. The zero-order chi connectivity index (χ0) is 19.8. The molecule has 1 N–H and O–H groups in total. The van der Waals surface area contributed by atoms with Crippen molar-refractivity contribution in [2.75, 3.05) is 6.26 Å². The highest BCUT2D eigenvalue weighted by Crippen LogP contribution is 2.43. The van der Waals surface area contributed by atoms with E-state index in [-0.39, 0.29) is 5.57 Å². The van der Waals surface area contributed by atoms with Crippen LogP contribution in [-0.2, 0) is 14.8 Å². The average molecular weight is 406 g/mol. The van der Waals surface area contributed by atoms with Crippen LogP contribution in [0.4, 0.5) is 0 Å². The molecule has 1 aliphatic heterocycles. The van der Waals surface area contributed by atoms with Gasteiger partial charge in [-0.15, -0.1) is 0 Å². The molecule has 2 aromatic carbocycles. The summed E-state index contributed by atoms with van der Waals surface area (Å²) in [5.41, 5.74) is 2.50. The van der Waals surface area contributed by atoms with E-state index in [1.54, 1.807) is 30.3 Å². The van der Waals surface area contributed by atoms with Crippen LogP contribution in [0.3, 0.4) is 0 Å². The van der Waals surface area contributed by atoms with Crippen LogP contribution in [0.5, 0.6) is 0 Å². The summed E-state index contributed by atoms with van der Waals surface area (Å²) < 4.78 is 26.8. The van der Waals surface area contributed by atoms with E-state index in [0.717, 1.165) is 17.4 Å². The molecule has 1 heterocycles. The molecule has 7 heteroatoms. The summed E-state index contributed by atoms with van der Waals surface area (Å²) in [5, 5.41) is 10.2. The highest BCUT2D eigenvalue weighted by molar-refractivity contribution is 7.88. The van der Waals surface area contributed by atoms with Crippen molar-refractivity contribution >= 4 is 27.6 Å². The second-order valence-corrected chi connectivity index (χ2v) is 9.00. The Kier molecular flexibility index (Phi) is 5.42. The number of nitrogens with zero attached hydrogens (tertiary/aromatic N) is 1. The number of benzene rings is 2. The van der Waals surface area contributed by atoms with Crippen molar-refractivity contribution in [3.05, 3.63) is 81.9 Å². The van der Waals surface area contributed by atoms with Gasteiger partial charge in [-0.3, -0.25) is 0 Å². The van der Waals surface area contributed by atoms with Gasteiger partial charge in [0.05, 0.1) is 23.9 Å². The van der Waals surface area contributed by atoms with Crippen LogP contribution < -0.4 is 0 Å². The average Bonchev–Trinajstić information content (AvgIpc) is 2.61. The number of halogens is 1. The van der Waals surface area contributed by atoms with E-state index in [1.807, 2.05) is 31.2 Å². The minimum Gasteiger partial charge on any atom is -0.478 e. The molecule has 0 aromatic heterocycles. The third-order valence-corrected chi connectivity index (χ3v) is 6.18. The van der Waals surface area contributed by atoms with Crippen molar-refractivity contribution in [3.63, 3.8) is 0 Å². The lowest BCUT2D eigenvalue weighted by molar-refractivity contribution is -0.133. The van der Waals surface area contributed by atoms with Crippen molar-refractivity contribution < 1.29 is 18.3 Å². The number of hydrogen-bond donors (Lipinski definition) is 1. The van der Waals surface area contributed by atoms with Crippen LogP contribution in [0.25, 0.3) is 0 Å². The van der Waals surface area contributed by atoms with Gasteiger partial charge in [0.1, 0.15) is 0 Å². The Morgan fingerprint density at radius 3 is 2.15 bits per heavy atom. The smallest absolute Gasteiger partial charge is 0.333 e. The number of aryl methyl sites for hydroxylation is 1. The molecular formula is C20H20ClNO4S. The molecule has 0 saturated carbocycles. The quantitative estimate of drug-likeness (QED) is 0.830. The third kappa shape index (κ3) is 4.08. The number of rotatable bonds is 4. The number of carbonyl (C=O) groups is 1. The van der Waals surface area contributed by atoms with E-state index in [0.29, 0.717) is 17.0 Å². The summed E-state index contributed by atoms with van der Waals surface area (Å²) >= 11 is 5.95. The first kappa shape index (κ1) is 19.6. The molecule has 3 rings (SSSR count). The molecule has 142 valence electrons. The maximum atomic E-state index is 12.7. The van der Waals surface area contributed by atoms with Crippen LogP contribution in [0, 0.1) is 6.92 Å². The molecule has 5 nitrogen and oxygen atoms in total. The number of carboxylic acid groups (broad SMARTS) is 1. The predicted molar refractivity (Wildman–Crippen MR) is 105 cm³/mol. The molecule has 0 fully saturated rings. The molecule has 2 atom stereocenters. The van der Waals surface area contributed by atoms with Crippen LogP contribution in [0.2, 0.25) is 5.02 Å². The summed E-state index contributed by atoms with van der Waals surface area (Å²) in [7, 11) is -3.71. The lowest BCUT2D eigenvalue weighted by Gasteiger charge is -2.40. The van der Waals surface area contributed by atoms with Gasteiger partial charge >= 0.3 is 5.97 Å². The SMILES string of the molecule is Cc1ccc([C@@H]2CC=C(C(=O)O)[C@H](c3ccc(Cl)cc3)N2S(C)(=O)=O)cc1. The molecule has 0 amide bonds. The minimum absolute atomic E-state index is 0.0473. The number of carboxylic acids is 1. The fourth-order valence-electron chi connectivity index (χ4n) is 3.44. The third-order valence-electron chi connectivity index (χ3n) is 4.70. The van der Waals surface area contributed by atoms with Gasteiger partial charge in [0.2, 0.25) is 10.0 Å². The van der Waals surface area contributed by atoms with E-state index in [2.05, 4.69) is 0 Å². The van der Waals surface area contributed by atoms with Crippen molar-refractivity contribution in [2.45, 2.75) is 25.4 Å². The summed E-state index contributed by atoms with van der Waals surface area (Å²) in [5.74, 6) is -1.13. The zero-order valence-corrected chi connectivity index (χ0v) is 16.5. The Morgan fingerprint density at radius 2 is 1.63 bits per heavy atom. The number of sulfonamides is 1. The first-order valence-electron chi connectivity index (χ1n) is 8.42. The zero-order valence-electron chi connectivity index (χ0n) is 15.0. The molecule has 0 saturated heterocycles. The van der Waals surface area contributed by atoms with Gasteiger partial charge in [-0.25, -0.2) is 13.2 Å². The summed E-state index contributed by atoms with van der Waals surface area (Å²) in [6.07, 6.45) is 3.03. The van der Waals surface area contributed by atoms with Crippen molar-refractivity contribution in [1.29, 1.82) is 0 Å². The first-order valence-corrected chi connectivity index (χ1v) is 10.6. The summed E-state index contributed by atoms with van der Waals surface area (Å²) in [4.78, 5) is 11.8. The Hall–Kier alpha value is -2.15. The monoisotopic (exact) mass is 405 g/mol. The normalized spacial score (nSPS) is 20.9. The maximum Gasteiger partial charge on any atom is 0.333 e. The van der Waals surface area contributed by atoms with Crippen LogP contribution in [0.15, 0.2) is 60.2 Å². The Bertz CT molecular complexity index is 982. The topological polar surface area (TPSA) is 74.7 Å². The van der Waals surface area contributed by atoms with Crippen LogP contribution >= 0.6 is 11.6 Å². The van der Waals surface area contributed by atoms with E-state index in [9.17, 15) is 18.3 Å². The first-order chi connectivity index (χ1) is 12.7. The molecule has 27 heavy (non-hydrogen) atoms. The Labute approximate surface area is 163 Å². The van der Waals surface area contributed by atoms with E-state index in [1.165, 1.54) is 4.31 Å². The highest BCUT2D eigenvalue weighted by atomic mass is 35.5. The molecule has 1 aliphatic rings. The van der Waals surface area contributed by atoms with E-state index in [4.69, 9.17) is 11.6 Å². The second-order valence-electron chi connectivity index (χ2n) is 6.67. The van der Waals surface area contributed by atoms with Gasteiger partial charge < -0.3 is 5.11 Å². The van der Waals surface area contributed by atoms with E-state index < -0.39 is 28.1 Å². The molecule has 0 radical (unpaired) electrons. The molecule has 0 bridgehead atoms. The lowest BCUT2D eigenvalue weighted by atomic mass is 9.89. The van der Waals surface area contributed by atoms with Gasteiger partial charge in [-0.05, 0) is 36.6 Å². The summed E-state index contributed by atoms with van der Waals surface area (Å²) in [6.45, 7) is 1.96. The van der Waals surface area contributed by atoms with Gasteiger partial charge in [-0.2, -0.15) is 4.31 Å². The van der Waals surface area contributed by atoms with Crippen LogP contribution in [0.1, 0.15) is 35.2 Å². The fourth-order valence-corrected chi connectivity index (χ4v) is 4.86. The van der Waals surface area contributed by atoms with Crippen molar-refractivity contribution in [3.8, 4) is 0 Å². The van der Waals surface area contributed by atoms with Crippen molar-refractivity contribution in [1.82, 2.24) is 4.31 Å². The van der Waals surface area contributed by atoms with Gasteiger partial charge in [-0.1, -0.05) is 59.6 Å². The summed E-state index contributed by atoms with van der Waals surface area (Å²) in [6, 6.07) is 12.8. The standard InChI is InChI=1S/C20H20ClNO4S/c1-13-3-5-14(6-4-13)18-12-11-17(20(23)24)19(22(18)27(2,25)26)15-7-9-16(21)10-8-15/h3-11,18-19H,12H2,1-2H3,(H,23,24)/t18-,19-/m0/s1. The number of aliphatic carboxylic acids is 1. The van der Waals surface area contributed by atoms with Gasteiger partial charge in [0.15, 0.2) is 0 Å². The Morgan fingerprint density at radius 1 is 1.07 bits per heavy atom.